The largest absolute Gasteiger partial charge is 0.475 e. The molecule has 0 saturated heterocycles. The van der Waals surface area contributed by atoms with E-state index >= 15 is 0 Å². The van der Waals surface area contributed by atoms with Gasteiger partial charge in [-0.25, -0.2) is 9.78 Å². The summed E-state index contributed by atoms with van der Waals surface area (Å²) in [5.41, 5.74) is 0.377. The molecule has 0 aromatic carbocycles. The van der Waals surface area contributed by atoms with Gasteiger partial charge >= 0.3 is 5.97 Å². The molecule has 5 heteroatoms. The number of carboxylic acids is 1. The van der Waals surface area contributed by atoms with Crippen molar-refractivity contribution in [1.82, 2.24) is 4.98 Å². The summed E-state index contributed by atoms with van der Waals surface area (Å²) in [7, 11) is 0. The highest BCUT2D eigenvalue weighted by atomic mass is 16.5. The molecule has 0 unspecified atom stereocenters. The molecule has 0 amide bonds. The molecule has 5 nitrogen and oxygen atoms in total. The fourth-order valence-electron chi connectivity index (χ4n) is 0.902. The van der Waals surface area contributed by atoms with Gasteiger partial charge in [-0.3, -0.25) is 0 Å². The third kappa shape index (κ3) is 2.29. The molecular formula is C8H11NO4. The number of carbonyl (C=O) groups is 1. The summed E-state index contributed by atoms with van der Waals surface area (Å²) in [5.74, 6) is -0.917. The Morgan fingerprint density at radius 3 is 2.85 bits per heavy atom. The van der Waals surface area contributed by atoms with Crippen LogP contribution in [-0.4, -0.2) is 22.7 Å². The van der Waals surface area contributed by atoms with Crippen molar-refractivity contribution >= 4 is 5.97 Å². The van der Waals surface area contributed by atoms with Gasteiger partial charge in [0, 0.05) is 6.61 Å². The minimum atomic E-state index is -1.10. The van der Waals surface area contributed by atoms with Gasteiger partial charge in [0.25, 0.3) is 0 Å². The van der Waals surface area contributed by atoms with Crippen LogP contribution in [-0.2, 0) is 11.3 Å². The van der Waals surface area contributed by atoms with Gasteiger partial charge in [-0.15, -0.1) is 0 Å². The average molecular weight is 185 g/mol. The first-order valence-corrected chi connectivity index (χ1v) is 3.92. The predicted molar refractivity (Wildman–Crippen MR) is 43.5 cm³/mol. The molecule has 0 aliphatic rings. The molecule has 0 aliphatic heterocycles. The third-order valence-corrected chi connectivity index (χ3v) is 1.46. The summed E-state index contributed by atoms with van der Waals surface area (Å²) in [6, 6.07) is 0. The van der Waals surface area contributed by atoms with Crippen LogP contribution in [0.25, 0.3) is 0 Å². The molecule has 0 aliphatic carbocycles. The highest BCUT2D eigenvalue weighted by molar-refractivity contribution is 5.85. The Bertz CT molecular complexity index is 305. The fourth-order valence-corrected chi connectivity index (χ4v) is 0.902. The molecular weight excluding hydrogens is 174 g/mol. The van der Waals surface area contributed by atoms with Gasteiger partial charge < -0.3 is 14.3 Å². The number of hydrogen-bond acceptors (Lipinski definition) is 4. The zero-order valence-electron chi connectivity index (χ0n) is 7.53. The van der Waals surface area contributed by atoms with E-state index in [0.717, 1.165) is 0 Å². The van der Waals surface area contributed by atoms with Crippen LogP contribution in [0, 0.1) is 6.92 Å². The van der Waals surface area contributed by atoms with E-state index in [1.54, 1.807) is 6.92 Å². The maximum atomic E-state index is 10.5. The molecule has 72 valence electrons. The first-order chi connectivity index (χ1) is 6.15. The second-order valence-electron chi connectivity index (χ2n) is 2.46. The molecule has 0 radical (unpaired) electrons. The summed E-state index contributed by atoms with van der Waals surface area (Å²) in [6.45, 7) is 4.19. The van der Waals surface area contributed by atoms with E-state index in [1.165, 1.54) is 0 Å². The van der Waals surface area contributed by atoms with E-state index in [1.807, 2.05) is 6.92 Å². The maximum absolute atomic E-state index is 10.5. The van der Waals surface area contributed by atoms with Crippen LogP contribution in [0.15, 0.2) is 4.42 Å². The van der Waals surface area contributed by atoms with Crippen molar-refractivity contribution in [2.24, 2.45) is 0 Å². The number of aryl methyl sites for hydroxylation is 1. The zero-order chi connectivity index (χ0) is 9.84. The van der Waals surface area contributed by atoms with Crippen molar-refractivity contribution in [1.29, 1.82) is 0 Å². The summed E-state index contributed by atoms with van der Waals surface area (Å²) in [4.78, 5) is 14.4. The lowest BCUT2D eigenvalue weighted by molar-refractivity contribution is 0.0648. The van der Waals surface area contributed by atoms with Crippen LogP contribution >= 0.6 is 0 Å². The molecule has 0 spiro atoms. The summed E-state index contributed by atoms with van der Waals surface area (Å²) in [6.07, 6.45) is 0. The molecule has 1 heterocycles. The first kappa shape index (κ1) is 9.73. The lowest BCUT2D eigenvalue weighted by Crippen LogP contribution is -1.95. The van der Waals surface area contributed by atoms with Crippen LogP contribution in [0.5, 0.6) is 0 Å². The molecule has 0 bridgehead atoms. The standard InChI is InChI=1S/C8H11NO4/c1-3-12-4-6-9-5(2)7(13-6)8(10)11/h3-4H2,1-2H3,(H,10,11). The molecule has 1 N–H and O–H groups in total. The van der Waals surface area contributed by atoms with E-state index in [-0.39, 0.29) is 12.4 Å². The quantitative estimate of drug-likeness (QED) is 0.763. The average Bonchev–Trinajstić information content (AvgIpc) is 2.43. The van der Waals surface area contributed by atoms with Crippen molar-refractivity contribution in [2.45, 2.75) is 20.5 Å². The summed E-state index contributed by atoms with van der Waals surface area (Å²) >= 11 is 0. The number of aromatic nitrogens is 1. The Hall–Kier alpha value is -1.36. The molecule has 0 saturated carbocycles. The normalized spacial score (nSPS) is 10.3. The van der Waals surface area contributed by atoms with Gasteiger partial charge in [0.05, 0.1) is 5.69 Å². The summed E-state index contributed by atoms with van der Waals surface area (Å²) in [5, 5.41) is 8.63. The van der Waals surface area contributed by atoms with E-state index in [0.29, 0.717) is 18.2 Å². The first-order valence-electron chi connectivity index (χ1n) is 3.92. The van der Waals surface area contributed by atoms with Crippen LogP contribution in [0.3, 0.4) is 0 Å². The van der Waals surface area contributed by atoms with Gasteiger partial charge in [-0.05, 0) is 13.8 Å². The van der Waals surface area contributed by atoms with E-state index in [4.69, 9.17) is 14.3 Å². The third-order valence-electron chi connectivity index (χ3n) is 1.46. The molecule has 0 fully saturated rings. The Labute approximate surface area is 75.3 Å². The topological polar surface area (TPSA) is 72.6 Å². The van der Waals surface area contributed by atoms with E-state index in [9.17, 15) is 4.79 Å². The Morgan fingerprint density at radius 1 is 1.69 bits per heavy atom. The molecule has 0 atom stereocenters. The van der Waals surface area contributed by atoms with E-state index < -0.39 is 5.97 Å². The molecule has 1 aromatic heterocycles. The fraction of sp³-hybridized carbons (Fsp3) is 0.500. The molecule has 1 aromatic rings. The number of aromatic carboxylic acids is 1. The molecule has 1 rings (SSSR count). The highest BCUT2D eigenvalue weighted by Gasteiger charge is 2.15. The zero-order valence-corrected chi connectivity index (χ0v) is 7.53. The second-order valence-corrected chi connectivity index (χ2v) is 2.46. The minimum absolute atomic E-state index is 0.116. The van der Waals surface area contributed by atoms with Crippen molar-refractivity contribution < 1.29 is 19.1 Å². The van der Waals surface area contributed by atoms with Crippen molar-refractivity contribution in [2.75, 3.05) is 6.61 Å². The van der Waals surface area contributed by atoms with Gasteiger partial charge in [0.2, 0.25) is 11.7 Å². The van der Waals surface area contributed by atoms with Gasteiger partial charge in [0.15, 0.2) is 0 Å². The van der Waals surface area contributed by atoms with E-state index in [2.05, 4.69) is 4.98 Å². The Kier molecular flexibility index (Phi) is 3.02. The maximum Gasteiger partial charge on any atom is 0.373 e. The number of rotatable bonds is 4. The van der Waals surface area contributed by atoms with Gasteiger partial charge in [-0.2, -0.15) is 0 Å². The van der Waals surface area contributed by atoms with Gasteiger partial charge in [-0.1, -0.05) is 0 Å². The van der Waals surface area contributed by atoms with Gasteiger partial charge in [0.1, 0.15) is 6.61 Å². The van der Waals surface area contributed by atoms with Crippen LogP contribution in [0.2, 0.25) is 0 Å². The Balaban J connectivity index is 2.76. The molecule has 13 heavy (non-hydrogen) atoms. The number of ether oxygens (including phenoxy) is 1. The summed E-state index contributed by atoms with van der Waals surface area (Å²) < 4.78 is 9.96. The second kappa shape index (κ2) is 4.04. The highest BCUT2D eigenvalue weighted by Crippen LogP contribution is 2.10. The number of nitrogens with zero attached hydrogens (tertiary/aromatic N) is 1. The Morgan fingerprint density at radius 2 is 2.38 bits per heavy atom. The number of oxazole rings is 1. The smallest absolute Gasteiger partial charge is 0.373 e. The predicted octanol–water partition coefficient (Wildman–Crippen LogP) is 1.22. The number of carboxylic acid groups (broad SMARTS) is 1. The number of hydrogen-bond donors (Lipinski definition) is 1. The monoisotopic (exact) mass is 185 g/mol. The van der Waals surface area contributed by atoms with Crippen LogP contribution < -0.4 is 0 Å². The van der Waals surface area contributed by atoms with Crippen molar-refractivity contribution in [3.8, 4) is 0 Å². The van der Waals surface area contributed by atoms with Crippen LogP contribution in [0.1, 0.15) is 29.1 Å². The van der Waals surface area contributed by atoms with Crippen molar-refractivity contribution in [3.05, 3.63) is 17.3 Å². The lowest BCUT2D eigenvalue weighted by Gasteiger charge is -1.93. The lowest BCUT2D eigenvalue weighted by atomic mass is 10.4. The van der Waals surface area contributed by atoms with Crippen LogP contribution in [0.4, 0.5) is 0 Å². The SMILES string of the molecule is CCOCc1nc(C)c(C(=O)O)o1. The minimum Gasteiger partial charge on any atom is -0.475 e. The van der Waals surface area contributed by atoms with Crippen molar-refractivity contribution in [3.63, 3.8) is 0 Å².